The summed E-state index contributed by atoms with van der Waals surface area (Å²) in [6.45, 7) is 0. The van der Waals surface area contributed by atoms with E-state index in [9.17, 15) is 0 Å². The van der Waals surface area contributed by atoms with Gasteiger partial charge in [0, 0.05) is 6.07 Å². The summed E-state index contributed by atoms with van der Waals surface area (Å²) in [5.41, 5.74) is 1.59. The number of nitrogens with two attached hydrogens (primary N) is 1. The molecule has 44 valence electrons. The molecular formula is C4H8N3O+. The lowest BCUT2D eigenvalue weighted by Crippen LogP contribution is -2.76. The third-order valence-corrected chi connectivity index (χ3v) is 0.767. The Kier molecular flexibility index (Phi) is 1.61. The van der Waals surface area contributed by atoms with E-state index in [1.54, 1.807) is 18.8 Å². The Morgan fingerprint density at radius 1 is 1.88 bits per heavy atom. The van der Waals surface area contributed by atoms with Crippen molar-refractivity contribution in [3.63, 3.8) is 0 Å². The normalized spacial score (nSPS) is 9.62. The minimum atomic E-state index is 0.882. The van der Waals surface area contributed by atoms with E-state index in [4.69, 9.17) is 0 Å². The van der Waals surface area contributed by atoms with Crippen molar-refractivity contribution in [2.45, 2.75) is 0 Å². The molecule has 1 rings (SSSR count). The lowest BCUT2D eigenvalue weighted by atomic mass is 10.7. The summed E-state index contributed by atoms with van der Waals surface area (Å²) >= 11 is 0. The number of rotatable bonds is 2. The molecule has 1 aromatic rings. The molecule has 0 saturated heterocycles. The first-order chi connectivity index (χ1) is 3.93. The van der Waals surface area contributed by atoms with Gasteiger partial charge in [-0.1, -0.05) is 0 Å². The third kappa shape index (κ3) is 1.05. The Morgan fingerprint density at radius 3 is 3.25 bits per heavy atom. The van der Waals surface area contributed by atoms with Gasteiger partial charge in [-0.25, -0.2) is 9.94 Å². The zero-order valence-electron chi connectivity index (χ0n) is 4.59. The van der Waals surface area contributed by atoms with Crippen molar-refractivity contribution in [2.24, 2.45) is 0 Å². The van der Waals surface area contributed by atoms with Gasteiger partial charge in [-0.3, -0.25) is 0 Å². The van der Waals surface area contributed by atoms with Gasteiger partial charge in [0.25, 0.3) is 5.82 Å². The number of nitrogens with one attached hydrogen (secondary N) is 1. The number of aromatic amines is 1. The molecule has 1 heterocycles. The number of quaternary nitrogens is 1. The molecule has 0 amide bonds. The van der Waals surface area contributed by atoms with Gasteiger partial charge in [-0.2, -0.15) is 10.6 Å². The summed E-state index contributed by atoms with van der Waals surface area (Å²) in [5.74, 6) is 0.882. The van der Waals surface area contributed by atoms with Crippen LogP contribution in [0.5, 0.6) is 0 Å². The Morgan fingerprint density at radius 2 is 2.75 bits per heavy atom. The maximum absolute atomic E-state index is 4.69. The minimum Gasteiger partial charge on any atom is -0.229 e. The van der Waals surface area contributed by atoms with E-state index in [0.717, 1.165) is 5.82 Å². The summed E-state index contributed by atoms with van der Waals surface area (Å²) in [7, 11) is 1.60. The SMILES string of the molecule is CO[NH2+]c1ccn[nH]1. The van der Waals surface area contributed by atoms with Crippen LogP contribution in [0.15, 0.2) is 12.3 Å². The highest BCUT2D eigenvalue weighted by Crippen LogP contribution is 1.85. The molecule has 3 N–H and O–H groups in total. The maximum Gasteiger partial charge on any atom is 0.252 e. The van der Waals surface area contributed by atoms with Crippen molar-refractivity contribution in [1.82, 2.24) is 10.2 Å². The van der Waals surface area contributed by atoms with Crippen LogP contribution in [-0.2, 0) is 4.84 Å². The van der Waals surface area contributed by atoms with Crippen LogP contribution in [0.25, 0.3) is 0 Å². The Labute approximate surface area is 46.8 Å². The summed E-state index contributed by atoms with van der Waals surface area (Å²) < 4.78 is 0. The van der Waals surface area contributed by atoms with E-state index in [1.807, 2.05) is 6.07 Å². The first-order valence-electron chi connectivity index (χ1n) is 2.29. The van der Waals surface area contributed by atoms with Gasteiger partial charge in [-0.15, -0.1) is 0 Å². The largest absolute Gasteiger partial charge is 0.252 e. The quantitative estimate of drug-likeness (QED) is 0.493. The van der Waals surface area contributed by atoms with Gasteiger partial charge in [-0.05, 0) is 0 Å². The molecule has 0 aliphatic heterocycles. The molecule has 0 atom stereocenters. The number of aromatic nitrogens is 2. The van der Waals surface area contributed by atoms with Gasteiger partial charge in [0.1, 0.15) is 0 Å². The second-order valence-corrected chi connectivity index (χ2v) is 1.37. The first-order valence-corrected chi connectivity index (χ1v) is 2.29. The average molecular weight is 114 g/mol. The summed E-state index contributed by atoms with van der Waals surface area (Å²) in [6.07, 6.45) is 1.67. The Hall–Kier alpha value is -0.870. The number of nitrogens with zero attached hydrogens (tertiary/aromatic N) is 1. The molecule has 0 aliphatic rings. The highest BCUT2D eigenvalue weighted by molar-refractivity contribution is 5.09. The predicted octanol–water partition coefficient (Wildman–Crippen LogP) is -0.834. The number of hydrogen-bond donors (Lipinski definition) is 2. The minimum absolute atomic E-state index is 0.882. The second-order valence-electron chi connectivity index (χ2n) is 1.37. The average Bonchev–Trinajstić information content (AvgIpc) is 2.19. The van der Waals surface area contributed by atoms with E-state index in [2.05, 4.69) is 15.0 Å². The molecule has 4 heteroatoms. The fraction of sp³-hybridized carbons (Fsp3) is 0.250. The highest BCUT2D eigenvalue weighted by atomic mass is 16.6. The van der Waals surface area contributed by atoms with Gasteiger partial charge >= 0.3 is 0 Å². The molecule has 0 saturated carbocycles. The van der Waals surface area contributed by atoms with Gasteiger partial charge in [0.05, 0.1) is 13.3 Å². The van der Waals surface area contributed by atoms with Crippen LogP contribution in [0.2, 0.25) is 0 Å². The number of hydrogen-bond acceptors (Lipinski definition) is 2. The fourth-order valence-corrected chi connectivity index (χ4v) is 0.459. The van der Waals surface area contributed by atoms with E-state index in [1.165, 1.54) is 0 Å². The van der Waals surface area contributed by atoms with Crippen LogP contribution in [0, 0.1) is 0 Å². The molecule has 0 radical (unpaired) electrons. The lowest BCUT2D eigenvalue weighted by Gasteiger charge is -1.86. The standard InChI is InChI=1S/C4H7N3O/c1-8-7-4-2-3-5-6-4/h2-3H,1H3,(H2,5,6,7)/p+1. The zero-order chi connectivity index (χ0) is 5.82. The smallest absolute Gasteiger partial charge is 0.229 e. The Balaban J connectivity index is 2.50. The highest BCUT2D eigenvalue weighted by Gasteiger charge is 1.91. The van der Waals surface area contributed by atoms with Crippen molar-refractivity contribution < 1.29 is 10.3 Å². The maximum atomic E-state index is 4.69. The van der Waals surface area contributed by atoms with Crippen LogP contribution < -0.4 is 5.48 Å². The van der Waals surface area contributed by atoms with Crippen molar-refractivity contribution in [3.05, 3.63) is 12.3 Å². The van der Waals surface area contributed by atoms with Gasteiger partial charge in [0.2, 0.25) is 0 Å². The topological polar surface area (TPSA) is 54.5 Å². The van der Waals surface area contributed by atoms with Crippen LogP contribution >= 0.6 is 0 Å². The molecule has 0 aliphatic carbocycles. The Bertz CT molecular complexity index is 137. The zero-order valence-corrected chi connectivity index (χ0v) is 4.59. The molecule has 1 aromatic heterocycles. The molecule has 8 heavy (non-hydrogen) atoms. The molecular weight excluding hydrogens is 106 g/mol. The van der Waals surface area contributed by atoms with Crippen molar-refractivity contribution in [1.29, 1.82) is 0 Å². The van der Waals surface area contributed by atoms with Gasteiger partial charge in [0.15, 0.2) is 0 Å². The van der Waals surface area contributed by atoms with Gasteiger partial charge < -0.3 is 0 Å². The van der Waals surface area contributed by atoms with Crippen LogP contribution in [-0.4, -0.2) is 17.3 Å². The van der Waals surface area contributed by atoms with Crippen molar-refractivity contribution >= 4 is 5.82 Å². The molecule has 0 spiro atoms. The summed E-state index contributed by atoms with van der Waals surface area (Å²) in [5, 5.41) is 6.41. The van der Waals surface area contributed by atoms with Crippen LogP contribution in [0.3, 0.4) is 0 Å². The monoisotopic (exact) mass is 114 g/mol. The first kappa shape index (κ1) is 5.27. The van der Waals surface area contributed by atoms with Crippen molar-refractivity contribution in [3.8, 4) is 0 Å². The van der Waals surface area contributed by atoms with E-state index < -0.39 is 0 Å². The van der Waals surface area contributed by atoms with Crippen LogP contribution in [0.4, 0.5) is 5.82 Å². The van der Waals surface area contributed by atoms with E-state index in [-0.39, 0.29) is 0 Å². The van der Waals surface area contributed by atoms with Crippen LogP contribution in [0.1, 0.15) is 0 Å². The van der Waals surface area contributed by atoms with E-state index >= 15 is 0 Å². The lowest BCUT2D eigenvalue weighted by molar-refractivity contribution is -0.832. The van der Waals surface area contributed by atoms with Crippen molar-refractivity contribution in [2.75, 3.05) is 7.11 Å². The third-order valence-electron chi connectivity index (χ3n) is 0.767. The fourth-order valence-electron chi connectivity index (χ4n) is 0.459. The molecule has 4 nitrogen and oxygen atoms in total. The molecule has 0 bridgehead atoms. The molecule has 0 aromatic carbocycles. The number of H-pyrrole nitrogens is 1. The molecule has 0 fully saturated rings. The summed E-state index contributed by atoms with van der Waals surface area (Å²) in [4.78, 5) is 4.69. The predicted molar refractivity (Wildman–Crippen MR) is 27.2 cm³/mol. The molecule has 0 unspecified atom stereocenters. The summed E-state index contributed by atoms with van der Waals surface area (Å²) in [6, 6.07) is 1.82. The van der Waals surface area contributed by atoms with E-state index in [0.29, 0.717) is 0 Å². The second kappa shape index (κ2) is 2.44.